The van der Waals surface area contributed by atoms with Gasteiger partial charge in [0.15, 0.2) is 11.5 Å². The molecule has 0 bridgehead atoms. The van der Waals surface area contributed by atoms with Gasteiger partial charge in [0.2, 0.25) is 0 Å². The first-order valence-corrected chi connectivity index (χ1v) is 10.1. The average molecular weight is 495 g/mol. The van der Waals surface area contributed by atoms with E-state index >= 15 is 0 Å². The van der Waals surface area contributed by atoms with E-state index in [1.165, 1.54) is 31.4 Å². The van der Waals surface area contributed by atoms with E-state index in [-0.39, 0.29) is 18.0 Å². The van der Waals surface area contributed by atoms with Gasteiger partial charge in [0.1, 0.15) is 12.4 Å². The third-order valence-electron chi connectivity index (χ3n) is 4.32. The van der Waals surface area contributed by atoms with E-state index in [4.69, 9.17) is 26.2 Å². The molecule has 0 aliphatic rings. The molecule has 0 saturated heterocycles. The van der Waals surface area contributed by atoms with Gasteiger partial charge in [0, 0.05) is 12.1 Å². The SMILES string of the molecule is COc1cc(CNc2cc(C(=O)O)ccc2Cl)cc(Br)c1OCc1ccccc1F. The molecule has 3 rings (SSSR count). The number of rotatable bonds is 8. The lowest BCUT2D eigenvalue weighted by molar-refractivity contribution is 0.0697. The molecule has 0 fully saturated rings. The second kappa shape index (κ2) is 9.82. The summed E-state index contributed by atoms with van der Waals surface area (Å²) in [5, 5.41) is 12.7. The molecule has 0 spiro atoms. The van der Waals surface area contributed by atoms with Gasteiger partial charge in [-0.25, -0.2) is 9.18 Å². The predicted molar refractivity (Wildman–Crippen MR) is 117 cm³/mol. The zero-order valence-corrected chi connectivity index (χ0v) is 18.3. The molecule has 156 valence electrons. The van der Waals surface area contributed by atoms with Gasteiger partial charge in [0.25, 0.3) is 0 Å². The van der Waals surface area contributed by atoms with E-state index in [0.29, 0.717) is 38.8 Å². The molecule has 3 aromatic rings. The number of nitrogens with one attached hydrogen (secondary N) is 1. The fraction of sp³-hybridized carbons (Fsp3) is 0.136. The summed E-state index contributed by atoms with van der Waals surface area (Å²) in [5.41, 5.74) is 1.92. The minimum absolute atomic E-state index is 0.0524. The first-order chi connectivity index (χ1) is 14.4. The van der Waals surface area contributed by atoms with Gasteiger partial charge in [-0.2, -0.15) is 0 Å². The molecule has 2 N–H and O–H groups in total. The summed E-state index contributed by atoms with van der Waals surface area (Å²) < 4.78 is 25.7. The zero-order chi connectivity index (χ0) is 21.7. The molecular weight excluding hydrogens is 477 g/mol. The average Bonchev–Trinajstić information content (AvgIpc) is 2.72. The number of carboxylic acids is 1. The van der Waals surface area contributed by atoms with Crippen molar-refractivity contribution in [2.45, 2.75) is 13.2 Å². The Morgan fingerprint density at radius 3 is 2.67 bits per heavy atom. The fourth-order valence-corrected chi connectivity index (χ4v) is 3.56. The number of anilines is 1. The maximum absolute atomic E-state index is 13.8. The van der Waals surface area contributed by atoms with E-state index in [2.05, 4.69) is 21.2 Å². The molecule has 30 heavy (non-hydrogen) atoms. The number of hydrogen-bond donors (Lipinski definition) is 2. The van der Waals surface area contributed by atoms with Crippen LogP contribution in [0.25, 0.3) is 0 Å². The molecule has 0 saturated carbocycles. The molecule has 3 aromatic carbocycles. The normalized spacial score (nSPS) is 10.5. The Hall–Kier alpha value is -2.77. The first-order valence-electron chi connectivity index (χ1n) is 8.88. The Morgan fingerprint density at radius 2 is 1.97 bits per heavy atom. The number of benzene rings is 3. The van der Waals surface area contributed by atoms with Crippen LogP contribution >= 0.6 is 27.5 Å². The van der Waals surface area contributed by atoms with Gasteiger partial charge in [0.05, 0.1) is 27.9 Å². The van der Waals surface area contributed by atoms with Gasteiger partial charge in [-0.05, 0) is 57.9 Å². The van der Waals surface area contributed by atoms with E-state index in [0.717, 1.165) is 5.56 Å². The maximum Gasteiger partial charge on any atom is 0.335 e. The highest BCUT2D eigenvalue weighted by Crippen LogP contribution is 2.37. The lowest BCUT2D eigenvalue weighted by Gasteiger charge is -2.16. The molecule has 0 atom stereocenters. The summed E-state index contributed by atoms with van der Waals surface area (Å²) in [6, 6.07) is 14.5. The van der Waals surface area contributed by atoms with E-state index in [1.54, 1.807) is 24.3 Å². The Bertz CT molecular complexity index is 1080. The second-order valence-corrected chi connectivity index (χ2v) is 7.60. The maximum atomic E-state index is 13.8. The van der Waals surface area contributed by atoms with Crippen molar-refractivity contribution >= 4 is 39.2 Å². The third-order valence-corrected chi connectivity index (χ3v) is 5.23. The second-order valence-electron chi connectivity index (χ2n) is 6.34. The summed E-state index contributed by atoms with van der Waals surface area (Å²) in [5.74, 6) is -0.442. The van der Waals surface area contributed by atoms with Crippen LogP contribution in [0.15, 0.2) is 59.1 Å². The summed E-state index contributed by atoms with van der Waals surface area (Å²) in [6.07, 6.45) is 0. The van der Waals surface area contributed by atoms with E-state index in [1.807, 2.05) is 6.07 Å². The van der Waals surface area contributed by atoms with Crippen molar-refractivity contribution < 1.29 is 23.8 Å². The lowest BCUT2D eigenvalue weighted by atomic mass is 10.1. The Kier molecular flexibility index (Phi) is 7.18. The van der Waals surface area contributed by atoms with E-state index < -0.39 is 5.97 Å². The molecular formula is C22H18BrClFNO4. The minimum Gasteiger partial charge on any atom is -0.493 e. The predicted octanol–water partition coefficient (Wildman–Crippen LogP) is 6.14. The van der Waals surface area contributed by atoms with Crippen LogP contribution in [0.3, 0.4) is 0 Å². The van der Waals surface area contributed by atoms with Crippen LogP contribution in [-0.2, 0) is 13.2 Å². The topological polar surface area (TPSA) is 67.8 Å². The van der Waals surface area contributed by atoms with Crippen molar-refractivity contribution in [3.05, 3.63) is 86.6 Å². The van der Waals surface area contributed by atoms with Crippen LogP contribution in [0.1, 0.15) is 21.5 Å². The highest BCUT2D eigenvalue weighted by atomic mass is 79.9. The summed E-state index contributed by atoms with van der Waals surface area (Å²) in [7, 11) is 1.52. The highest BCUT2D eigenvalue weighted by Gasteiger charge is 2.14. The standard InChI is InChI=1S/C22H18BrClFNO4/c1-29-20-9-13(11-26-19-10-14(22(27)28)6-7-17(19)24)8-16(23)21(20)30-12-15-4-2-3-5-18(15)25/h2-10,26H,11-12H2,1H3,(H,27,28). The largest absolute Gasteiger partial charge is 0.493 e. The number of carbonyl (C=O) groups is 1. The van der Waals surface area contributed by atoms with Crippen molar-refractivity contribution in [3.63, 3.8) is 0 Å². The molecule has 0 aliphatic heterocycles. The number of halogens is 3. The Balaban J connectivity index is 1.76. The summed E-state index contributed by atoms with van der Waals surface area (Å²) in [6.45, 7) is 0.419. The smallest absolute Gasteiger partial charge is 0.335 e. The lowest BCUT2D eigenvalue weighted by Crippen LogP contribution is -2.05. The molecule has 0 amide bonds. The van der Waals surface area contributed by atoms with Crippen molar-refractivity contribution in [3.8, 4) is 11.5 Å². The number of ether oxygens (including phenoxy) is 2. The quantitative estimate of drug-likeness (QED) is 0.394. The van der Waals surface area contributed by atoms with Gasteiger partial charge in [-0.15, -0.1) is 0 Å². The monoisotopic (exact) mass is 493 g/mol. The molecule has 8 heteroatoms. The number of aromatic carboxylic acids is 1. The van der Waals surface area contributed by atoms with Gasteiger partial charge < -0.3 is 19.9 Å². The van der Waals surface area contributed by atoms with Gasteiger partial charge >= 0.3 is 5.97 Å². The van der Waals surface area contributed by atoms with Crippen LogP contribution in [0.5, 0.6) is 11.5 Å². The van der Waals surface area contributed by atoms with Crippen LogP contribution in [-0.4, -0.2) is 18.2 Å². The van der Waals surface area contributed by atoms with Crippen molar-refractivity contribution in [2.75, 3.05) is 12.4 Å². The van der Waals surface area contributed by atoms with Crippen molar-refractivity contribution in [1.29, 1.82) is 0 Å². The molecule has 5 nitrogen and oxygen atoms in total. The number of hydrogen-bond acceptors (Lipinski definition) is 4. The third kappa shape index (κ3) is 5.23. The summed E-state index contributed by atoms with van der Waals surface area (Å²) in [4.78, 5) is 11.2. The van der Waals surface area contributed by atoms with Crippen molar-refractivity contribution in [2.24, 2.45) is 0 Å². The molecule has 0 aliphatic carbocycles. The van der Waals surface area contributed by atoms with Crippen LogP contribution in [0.4, 0.5) is 10.1 Å². The minimum atomic E-state index is -1.03. The number of carboxylic acid groups (broad SMARTS) is 1. The van der Waals surface area contributed by atoms with Crippen LogP contribution in [0, 0.1) is 5.82 Å². The fourth-order valence-electron chi connectivity index (χ4n) is 2.77. The van der Waals surface area contributed by atoms with Crippen molar-refractivity contribution in [1.82, 2.24) is 0 Å². The number of methoxy groups -OCH3 is 1. The highest BCUT2D eigenvalue weighted by molar-refractivity contribution is 9.10. The molecule has 0 unspecified atom stereocenters. The Labute approximate surface area is 186 Å². The molecule has 0 heterocycles. The van der Waals surface area contributed by atoms with E-state index in [9.17, 15) is 9.18 Å². The van der Waals surface area contributed by atoms with Crippen LogP contribution < -0.4 is 14.8 Å². The first kappa shape index (κ1) is 21.9. The Morgan fingerprint density at radius 1 is 1.20 bits per heavy atom. The molecule has 0 radical (unpaired) electrons. The van der Waals surface area contributed by atoms with Gasteiger partial charge in [-0.1, -0.05) is 29.8 Å². The zero-order valence-electron chi connectivity index (χ0n) is 15.9. The van der Waals surface area contributed by atoms with Gasteiger partial charge in [-0.3, -0.25) is 0 Å². The molecule has 0 aromatic heterocycles. The van der Waals surface area contributed by atoms with Crippen LogP contribution in [0.2, 0.25) is 5.02 Å². The summed E-state index contributed by atoms with van der Waals surface area (Å²) >= 11 is 9.63.